The Morgan fingerprint density at radius 3 is 3.05 bits per heavy atom. The summed E-state index contributed by atoms with van der Waals surface area (Å²) >= 11 is 0. The Balaban J connectivity index is 2.07. The minimum Gasteiger partial charge on any atom is -0.482 e. The van der Waals surface area contributed by atoms with Crippen molar-refractivity contribution in [1.82, 2.24) is 5.32 Å². The standard InChI is InChI=1S/C15H16N2O4/c1-3-11(9-20-2)16-14(18)8-17-12-6-4-5-7-13(12)21-10-15(17)19/h1,4-7,11H,8-10H2,2H3,(H,16,18). The van der Waals surface area contributed by atoms with Crippen molar-refractivity contribution in [2.75, 3.05) is 31.8 Å². The maximum atomic E-state index is 12.0. The molecule has 0 saturated carbocycles. The largest absolute Gasteiger partial charge is 0.482 e. The fourth-order valence-corrected chi connectivity index (χ4v) is 2.01. The lowest BCUT2D eigenvalue weighted by Crippen LogP contribution is -2.47. The number of rotatable bonds is 5. The number of ether oxygens (including phenoxy) is 2. The van der Waals surface area contributed by atoms with Crippen LogP contribution in [0.4, 0.5) is 5.69 Å². The minimum absolute atomic E-state index is 0.0824. The first-order valence-electron chi connectivity index (χ1n) is 6.42. The number of hydrogen-bond acceptors (Lipinski definition) is 4. The van der Waals surface area contributed by atoms with Gasteiger partial charge in [0.1, 0.15) is 18.3 Å². The van der Waals surface area contributed by atoms with Gasteiger partial charge in [0.25, 0.3) is 5.91 Å². The van der Waals surface area contributed by atoms with E-state index in [1.54, 1.807) is 24.3 Å². The highest BCUT2D eigenvalue weighted by Gasteiger charge is 2.27. The lowest BCUT2D eigenvalue weighted by Gasteiger charge is -2.29. The zero-order valence-corrected chi connectivity index (χ0v) is 11.7. The predicted molar refractivity (Wildman–Crippen MR) is 76.9 cm³/mol. The third kappa shape index (κ3) is 3.52. The van der Waals surface area contributed by atoms with E-state index in [0.29, 0.717) is 11.4 Å². The molecule has 1 unspecified atom stereocenters. The van der Waals surface area contributed by atoms with Gasteiger partial charge in [-0.15, -0.1) is 6.42 Å². The number of benzene rings is 1. The van der Waals surface area contributed by atoms with Crippen molar-refractivity contribution in [1.29, 1.82) is 0 Å². The van der Waals surface area contributed by atoms with Crippen molar-refractivity contribution in [3.8, 4) is 18.1 Å². The topological polar surface area (TPSA) is 67.9 Å². The second-order valence-corrected chi connectivity index (χ2v) is 4.48. The lowest BCUT2D eigenvalue weighted by atomic mass is 10.2. The molecule has 110 valence electrons. The number of fused-ring (bicyclic) bond motifs is 1. The van der Waals surface area contributed by atoms with Crippen LogP contribution in [0.25, 0.3) is 0 Å². The van der Waals surface area contributed by atoms with Gasteiger partial charge in [-0.1, -0.05) is 18.1 Å². The summed E-state index contributed by atoms with van der Waals surface area (Å²) < 4.78 is 10.2. The number of nitrogens with zero attached hydrogens (tertiary/aromatic N) is 1. The Hall–Kier alpha value is -2.52. The summed E-state index contributed by atoms with van der Waals surface area (Å²) in [6, 6.07) is 6.55. The molecule has 6 nitrogen and oxygen atoms in total. The van der Waals surface area contributed by atoms with Crippen LogP contribution >= 0.6 is 0 Å². The number of para-hydroxylation sites is 2. The minimum atomic E-state index is -0.520. The van der Waals surface area contributed by atoms with Gasteiger partial charge < -0.3 is 14.8 Å². The molecule has 1 aliphatic heterocycles. The fraction of sp³-hybridized carbons (Fsp3) is 0.333. The quantitative estimate of drug-likeness (QED) is 0.785. The Kier molecular flexibility index (Phi) is 4.80. The number of carbonyl (C=O) groups is 2. The van der Waals surface area contributed by atoms with Gasteiger partial charge in [0.05, 0.1) is 12.3 Å². The van der Waals surface area contributed by atoms with E-state index >= 15 is 0 Å². The van der Waals surface area contributed by atoms with Crippen molar-refractivity contribution < 1.29 is 19.1 Å². The molecule has 1 heterocycles. The zero-order chi connectivity index (χ0) is 15.2. The normalized spacial score (nSPS) is 14.7. The van der Waals surface area contributed by atoms with E-state index in [9.17, 15) is 9.59 Å². The second kappa shape index (κ2) is 6.77. The van der Waals surface area contributed by atoms with Gasteiger partial charge in [-0.05, 0) is 12.1 Å². The molecule has 0 radical (unpaired) electrons. The van der Waals surface area contributed by atoms with E-state index in [-0.39, 0.29) is 31.6 Å². The van der Waals surface area contributed by atoms with Gasteiger partial charge in [-0.3, -0.25) is 14.5 Å². The molecule has 6 heteroatoms. The van der Waals surface area contributed by atoms with Crippen LogP contribution in [0.2, 0.25) is 0 Å². The molecule has 1 N–H and O–H groups in total. The van der Waals surface area contributed by atoms with E-state index < -0.39 is 6.04 Å². The molecule has 1 aromatic carbocycles. The van der Waals surface area contributed by atoms with E-state index in [0.717, 1.165) is 0 Å². The highest BCUT2D eigenvalue weighted by molar-refractivity contribution is 6.02. The number of methoxy groups -OCH3 is 1. The molecule has 1 aromatic rings. The van der Waals surface area contributed by atoms with Gasteiger partial charge in [0.2, 0.25) is 5.91 Å². The molecule has 21 heavy (non-hydrogen) atoms. The van der Waals surface area contributed by atoms with E-state index in [4.69, 9.17) is 15.9 Å². The number of carbonyl (C=O) groups excluding carboxylic acids is 2. The SMILES string of the molecule is C#CC(COC)NC(=O)CN1C(=O)COc2ccccc21. The van der Waals surface area contributed by atoms with Crippen molar-refractivity contribution >= 4 is 17.5 Å². The van der Waals surface area contributed by atoms with E-state index in [2.05, 4.69) is 11.2 Å². The summed E-state index contributed by atoms with van der Waals surface area (Å²) in [5.74, 6) is 2.38. The van der Waals surface area contributed by atoms with Gasteiger partial charge in [0, 0.05) is 7.11 Å². The summed E-state index contributed by atoms with van der Waals surface area (Å²) in [6.07, 6.45) is 5.30. The first-order valence-corrected chi connectivity index (χ1v) is 6.42. The van der Waals surface area contributed by atoms with Gasteiger partial charge in [-0.2, -0.15) is 0 Å². The van der Waals surface area contributed by atoms with E-state index in [1.807, 2.05) is 0 Å². The molecule has 0 aromatic heterocycles. The number of anilines is 1. The molecule has 1 atom stereocenters. The number of hydrogen-bond donors (Lipinski definition) is 1. The smallest absolute Gasteiger partial charge is 0.265 e. The van der Waals surface area contributed by atoms with Crippen LogP contribution in [0.3, 0.4) is 0 Å². The highest BCUT2D eigenvalue weighted by Crippen LogP contribution is 2.31. The molecule has 2 amide bonds. The lowest BCUT2D eigenvalue weighted by molar-refractivity contribution is -0.125. The Morgan fingerprint density at radius 2 is 2.33 bits per heavy atom. The Morgan fingerprint density at radius 1 is 1.57 bits per heavy atom. The zero-order valence-electron chi connectivity index (χ0n) is 11.7. The second-order valence-electron chi connectivity index (χ2n) is 4.48. The monoisotopic (exact) mass is 288 g/mol. The van der Waals surface area contributed by atoms with Crippen molar-refractivity contribution in [2.45, 2.75) is 6.04 Å². The van der Waals surface area contributed by atoms with Crippen molar-refractivity contribution in [3.63, 3.8) is 0 Å². The Bertz CT molecular complexity index is 579. The maximum Gasteiger partial charge on any atom is 0.265 e. The Labute approximate surface area is 123 Å². The number of nitrogens with one attached hydrogen (secondary N) is 1. The first kappa shape index (κ1) is 14.9. The first-order chi connectivity index (χ1) is 10.2. The molecule has 0 bridgehead atoms. The predicted octanol–water partition coefficient (Wildman–Crippen LogP) is 0.176. The summed E-state index contributed by atoms with van der Waals surface area (Å²) in [5, 5.41) is 2.63. The molecular formula is C15H16N2O4. The van der Waals surface area contributed by atoms with Crippen LogP contribution in [0, 0.1) is 12.3 Å². The third-order valence-corrected chi connectivity index (χ3v) is 2.98. The maximum absolute atomic E-state index is 12.0. The summed E-state index contributed by atoms with van der Waals surface area (Å²) in [4.78, 5) is 25.3. The van der Waals surface area contributed by atoms with Crippen LogP contribution in [-0.4, -0.2) is 44.7 Å². The molecular weight excluding hydrogens is 272 g/mol. The third-order valence-electron chi connectivity index (χ3n) is 2.98. The van der Waals surface area contributed by atoms with Crippen LogP contribution in [-0.2, 0) is 14.3 Å². The van der Waals surface area contributed by atoms with Crippen LogP contribution < -0.4 is 15.0 Å². The molecule has 0 aliphatic carbocycles. The fourth-order valence-electron chi connectivity index (χ4n) is 2.01. The summed E-state index contributed by atoms with van der Waals surface area (Å²) in [6.45, 7) is 0.0257. The van der Waals surface area contributed by atoms with E-state index in [1.165, 1.54) is 12.0 Å². The molecule has 0 fully saturated rings. The number of amides is 2. The van der Waals surface area contributed by atoms with Crippen LogP contribution in [0.5, 0.6) is 5.75 Å². The summed E-state index contributed by atoms with van der Waals surface area (Å²) in [5.41, 5.74) is 0.577. The van der Waals surface area contributed by atoms with Crippen molar-refractivity contribution in [2.24, 2.45) is 0 Å². The molecule has 2 rings (SSSR count). The molecule has 0 saturated heterocycles. The molecule has 0 spiro atoms. The van der Waals surface area contributed by atoms with Gasteiger partial charge >= 0.3 is 0 Å². The van der Waals surface area contributed by atoms with Gasteiger partial charge in [0.15, 0.2) is 6.61 Å². The average molecular weight is 288 g/mol. The highest BCUT2D eigenvalue weighted by atomic mass is 16.5. The average Bonchev–Trinajstić information content (AvgIpc) is 2.49. The van der Waals surface area contributed by atoms with Crippen molar-refractivity contribution in [3.05, 3.63) is 24.3 Å². The van der Waals surface area contributed by atoms with Gasteiger partial charge in [-0.25, -0.2) is 0 Å². The summed E-state index contributed by atoms with van der Waals surface area (Å²) in [7, 11) is 1.50. The van der Waals surface area contributed by atoms with Crippen LogP contribution in [0.1, 0.15) is 0 Å². The molecule has 1 aliphatic rings. The van der Waals surface area contributed by atoms with Crippen LogP contribution in [0.15, 0.2) is 24.3 Å². The number of terminal acetylenes is 1.